The third kappa shape index (κ3) is 3.06. The van der Waals surface area contributed by atoms with Crippen LogP contribution in [-0.2, 0) is 0 Å². The van der Waals surface area contributed by atoms with E-state index in [-0.39, 0.29) is 5.56 Å². The molecule has 2 N–H and O–H groups in total. The SMILES string of the molecule is Cc1nc(NCCN2CCCC2)cc(=O)[nH]1. The number of nitrogens with one attached hydrogen (secondary N) is 2. The van der Waals surface area contributed by atoms with Crippen molar-refractivity contribution in [3.63, 3.8) is 0 Å². The summed E-state index contributed by atoms with van der Waals surface area (Å²) in [6.45, 7) is 6.05. The number of rotatable bonds is 4. The van der Waals surface area contributed by atoms with E-state index in [4.69, 9.17) is 0 Å². The van der Waals surface area contributed by atoms with Gasteiger partial charge in [0.1, 0.15) is 11.6 Å². The highest BCUT2D eigenvalue weighted by Crippen LogP contribution is 2.06. The summed E-state index contributed by atoms with van der Waals surface area (Å²) in [5.41, 5.74) is -0.101. The van der Waals surface area contributed by atoms with E-state index < -0.39 is 0 Å². The maximum Gasteiger partial charge on any atom is 0.252 e. The molecule has 16 heavy (non-hydrogen) atoms. The molecule has 1 aromatic heterocycles. The Morgan fingerprint density at radius 1 is 1.50 bits per heavy atom. The Hall–Kier alpha value is -1.36. The van der Waals surface area contributed by atoms with E-state index in [0.29, 0.717) is 11.6 Å². The van der Waals surface area contributed by atoms with E-state index in [1.807, 2.05) is 0 Å². The van der Waals surface area contributed by atoms with Crippen LogP contribution in [0.2, 0.25) is 0 Å². The fourth-order valence-electron chi connectivity index (χ4n) is 2.02. The Labute approximate surface area is 94.9 Å². The first-order valence-corrected chi connectivity index (χ1v) is 5.78. The van der Waals surface area contributed by atoms with Crippen LogP contribution < -0.4 is 10.9 Å². The molecule has 0 amide bonds. The first kappa shape index (κ1) is 11.1. The number of aromatic nitrogens is 2. The van der Waals surface area contributed by atoms with Crippen LogP contribution in [0.3, 0.4) is 0 Å². The highest BCUT2D eigenvalue weighted by atomic mass is 16.1. The number of anilines is 1. The lowest BCUT2D eigenvalue weighted by Crippen LogP contribution is -2.26. The summed E-state index contributed by atoms with van der Waals surface area (Å²) in [5.74, 6) is 1.32. The molecule has 0 aliphatic carbocycles. The van der Waals surface area contributed by atoms with Crippen LogP contribution in [0.5, 0.6) is 0 Å². The van der Waals surface area contributed by atoms with E-state index in [0.717, 1.165) is 13.1 Å². The minimum atomic E-state index is -0.101. The molecule has 0 bridgehead atoms. The third-order valence-corrected chi connectivity index (χ3v) is 2.79. The van der Waals surface area contributed by atoms with Gasteiger partial charge in [0, 0.05) is 19.2 Å². The van der Waals surface area contributed by atoms with E-state index in [2.05, 4.69) is 20.2 Å². The molecular weight excluding hydrogens is 204 g/mol. The number of likely N-dealkylation sites (tertiary alicyclic amines) is 1. The van der Waals surface area contributed by atoms with Crippen molar-refractivity contribution in [3.8, 4) is 0 Å². The van der Waals surface area contributed by atoms with Gasteiger partial charge in [0.25, 0.3) is 5.56 Å². The Balaban J connectivity index is 1.82. The van der Waals surface area contributed by atoms with Crippen LogP contribution in [0.1, 0.15) is 18.7 Å². The normalized spacial score (nSPS) is 16.6. The van der Waals surface area contributed by atoms with Gasteiger partial charge in [-0.2, -0.15) is 0 Å². The molecule has 0 spiro atoms. The highest BCUT2D eigenvalue weighted by Gasteiger charge is 2.10. The van der Waals surface area contributed by atoms with Crippen molar-refractivity contribution >= 4 is 5.82 Å². The first-order chi connectivity index (χ1) is 7.74. The lowest BCUT2D eigenvalue weighted by molar-refractivity contribution is 0.352. The third-order valence-electron chi connectivity index (χ3n) is 2.79. The Bertz CT molecular complexity index is 395. The monoisotopic (exact) mass is 222 g/mol. The second kappa shape index (κ2) is 5.12. The van der Waals surface area contributed by atoms with Gasteiger partial charge in [-0.25, -0.2) is 4.98 Å². The predicted molar refractivity (Wildman–Crippen MR) is 63.8 cm³/mol. The van der Waals surface area contributed by atoms with Crippen LogP contribution in [0.15, 0.2) is 10.9 Å². The quantitative estimate of drug-likeness (QED) is 0.782. The van der Waals surface area contributed by atoms with Gasteiger partial charge in [-0.05, 0) is 32.9 Å². The van der Waals surface area contributed by atoms with Gasteiger partial charge in [0.05, 0.1) is 0 Å². The van der Waals surface area contributed by atoms with E-state index in [1.54, 1.807) is 6.92 Å². The summed E-state index contributed by atoms with van der Waals surface area (Å²) in [5, 5.41) is 3.18. The number of hydrogen-bond donors (Lipinski definition) is 2. The van der Waals surface area contributed by atoms with Crippen LogP contribution in [0, 0.1) is 6.92 Å². The smallest absolute Gasteiger partial charge is 0.252 e. The zero-order valence-corrected chi connectivity index (χ0v) is 9.62. The zero-order valence-electron chi connectivity index (χ0n) is 9.62. The molecule has 0 radical (unpaired) electrons. The summed E-state index contributed by atoms with van der Waals surface area (Å²) in [7, 11) is 0. The lowest BCUT2D eigenvalue weighted by Gasteiger charge is -2.14. The average molecular weight is 222 g/mol. The van der Waals surface area contributed by atoms with Gasteiger partial charge >= 0.3 is 0 Å². The average Bonchev–Trinajstić information content (AvgIpc) is 2.69. The molecule has 1 fully saturated rings. The summed E-state index contributed by atoms with van der Waals surface area (Å²) < 4.78 is 0. The summed E-state index contributed by atoms with van der Waals surface area (Å²) >= 11 is 0. The van der Waals surface area contributed by atoms with Crippen LogP contribution in [0.25, 0.3) is 0 Å². The molecule has 0 aromatic carbocycles. The molecule has 5 heteroatoms. The minimum Gasteiger partial charge on any atom is -0.369 e. The molecule has 2 rings (SSSR count). The van der Waals surface area contributed by atoms with E-state index >= 15 is 0 Å². The molecule has 1 aliphatic heterocycles. The maximum absolute atomic E-state index is 11.2. The second-order valence-electron chi connectivity index (χ2n) is 4.19. The largest absolute Gasteiger partial charge is 0.369 e. The maximum atomic E-state index is 11.2. The summed E-state index contributed by atoms with van der Waals surface area (Å²) in [6.07, 6.45) is 2.62. The van der Waals surface area contributed by atoms with Crippen LogP contribution >= 0.6 is 0 Å². The number of nitrogens with zero attached hydrogens (tertiary/aromatic N) is 2. The van der Waals surface area contributed by atoms with Gasteiger partial charge in [0.15, 0.2) is 0 Å². The van der Waals surface area contributed by atoms with Gasteiger partial charge in [0.2, 0.25) is 0 Å². The molecule has 1 saturated heterocycles. The minimum absolute atomic E-state index is 0.101. The van der Waals surface area contributed by atoms with Crippen molar-refractivity contribution in [2.75, 3.05) is 31.5 Å². The van der Waals surface area contributed by atoms with E-state index in [9.17, 15) is 4.79 Å². The fourth-order valence-corrected chi connectivity index (χ4v) is 2.02. The van der Waals surface area contributed by atoms with Gasteiger partial charge < -0.3 is 15.2 Å². The molecular formula is C11H18N4O. The molecule has 2 heterocycles. The van der Waals surface area contributed by atoms with Crippen molar-refractivity contribution < 1.29 is 0 Å². The second-order valence-corrected chi connectivity index (χ2v) is 4.19. The fraction of sp³-hybridized carbons (Fsp3) is 0.636. The lowest BCUT2D eigenvalue weighted by atomic mass is 10.4. The van der Waals surface area contributed by atoms with Crippen molar-refractivity contribution in [2.24, 2.45) is 0 Å². The molecule has 0 atom stereocenters. The highest BCUT2D eigenvalue weighted by molar-refractivity contribution is 5.32. The van der Waals surface area contributed by atoms with Crippen LogP contribution in [0.4, 0.5) is 5.82 Å². The molecule has 1 aliphatic rings. The number of aromatic amines is 1. The summed E-state index contributed by atoms with van der Waals surface area (Å²) in [4.78, 5) is 20.4. The van der Waals surface area contributed by atoms with Gasteiger partial charge in [-0.1, -0.05) is 0 Å². The van der Waals surface area contributed by atoms with E-state index in [1.165, 1.54) is 32.0 Å². The Kier molecular flexibility index (Phi) is 3.56. The van der Waals surface area contributed by atoms with Crippen molar-refractivity contribution in [2.45, 2.75) is 19.8 Å². The van der Waals surface area contributed by atoms with Crippen LogP contribution in [-0.4, -0.2) is 41.0 Å². The topological polar surface area (TPSA) is 61.0 Å². The molecule has 88 valence electrons. The van der Waals surface area contributed by atoms with Gasteiger partial charge in [-0.3, -0.25) is 4.79 Å². The van der Waals surface area contributed by atoms with Crippen molar-refractivity contribution in [1.29, 1.82) is 0 Å². The molecule has 1 aromatic rings. The predicted octanol–water partition coefficient (Wildman–Crippen LogP) is 0.586. The molecule has 5 nitrogen and oxygen atoms in total. The number of H-pyrrole nitrogens is 1. The number of hydrogen-bond acceptors (Lipinski definition) is 4. The first-order valence-electron chi connectivity index (χ1n) is 5.78. The molecule has 0 unspecified atom stereocenters. The number of aryl methyl sites for hydroxylation is 1. The van der Waals surface area contributed by atoms with Crippen molar-refractivity contribution in [1.82, 2.24) is 14.9 Å². The zero-order chi connectivity index (χ0) is 11.4. The Morgan fingerprint density at radius 2 is 2.25 bits per heavy atom. The van der Waals surface area contributed by atoms with Gasteiger partial charge in [-0.15, -0.1) is 0 Å². The standard InChI is InChI=1S/C11H18N4O/c1-9-13-10(8-11(16)14-9)12-4-7-15-5-2-3-6-15/h8H,2-7H2,1H3,(H2,12,13,14,16). The van der Waals surface area contributed by atoms with Crippen molar-refractivity contribution in [3.05, 3.63) is 22.2 Å². The summed E-state index contributed by atoms with van der Waals surface area (Å²) in [6, 6.07) is 1.50. The molecule has 0 saturated carbocycles. The Morgan fingerprint density at radius 3 is 2.94 bits per heavy atom.